The van der Waals surface area contributed by atoms with Gasteiger partial charge in [0.05, 0.1) is 4.92 Å². The molecule has 11 nitrogen and oxygen atoms in total. The van der Waals surface area contributed by atoms with Gasteiger partial charge in [-0.05, 0) is 29.5 Å². The Hall–Kier alpha value is -3.50. The quantitative estimate of drug-likeness (QED) is 0.385. The number of non-ortho nitro benzene ring substituents is 1. The summed E-state index contributed by atoms with van der Waals surface area (Å²) in [4.78, 5) is 10.3. The van der Waals surface area contributed by atoms with Gasteiger partial charge in [-0.25, -0.2) is 4.40 Å². The first kappa shape index (κ1) is 12.3. The lowest BCUT2D eigenvalue weighted by molar-refractivity contribution is -0.384. The van der Waals surface area contributed by atoms with Crippen molar-refractivity contribution in [3.63, 3.8) is 0 Å². The summed E-state index contributed by atoms with van der Waals surface area (Å²) in [5.74, 6) is 0.842. The summed E-state index contributed by atoms with van der Waals surface area (Å²) in [6.45, 7) is 1.77. The van der Waals surface area contributed by atoms with Crippen molar-refractivity contribution in [2.45, 2.75) is 6.92 Å². The van der Waals surface area contributed by atoms with Crippen molar-refractivity contribution in [3.05, 3.63) is 40.1 Å². The molecule has 0 atom stereocenters. The highest BCUT2D eigenvalue weighted by Crippen LogP contribution is 2.23. The van der Waals surface area contributed by atoms with Gasteiger partial charge in [0.15, 0.2) is 11.5 Å². The molecule has 0 fully saturated rings. The third kappa shape index (κ3) is 1.62. The summed E-state index contributed by atoms with van der Waals surface area (Å²) < 4.78 is 2.93. The molecule has 1 aromatic carbocycles. The van der Waals surface area contributed by atoms with Crippen LogP contribution in [0.2, 0.25) is 0 Å². The van der Waals surface area contributed by atoms with Gasteiger partial charge >= 0.3 is 0 Å². The van der Waals surface area contributed by atoms with E-state index >= 15 is 0 Å². The van der Waals surface area contributed by atoms with E-state index in [0.717, 1.165) is 0 Å². The minimum atomic E-state index is -0.458. The molecule has 4 aromatic rings. The predicted octanol–water partition coefficient (Wildman–Crippen LogP) is 0.446. The van der Waals surface area contributed by atoms with Crippen LogP contribution in [0.1, 0.15) is 5.69 Å². The zero-order valence-electron chi connectivity index (χ0n) is 11.2. The van der Waals surface area contributed by atoms with Gasteiger partial charge in [-0.2, -0.15) is 0 Å². The number of nitro groups is 1. The van der Waals surface area contributed by atoms with E-state index in [0.29, 0.717) is 28.5 Å². The van der Waals surface area contributed by atoms with Gasteiger partial charge in [-0.3, -0.25) is 10.1 Å². The number of nitro benzene ring substituents is 1. The first-order valence-electron chi connectivity index (χ1n) is 6.20. The highest BCUT2D eigenvalue weighted by molar-refractivity contribution is 5.64. The smallest absolute Gasteiger partial charge is 0.258 e. The molecule has 22 heavy (non-hydrogen) atoms. The van der Waals surface area contributed by atoms with Gasteiger partial charge in [0.25, 0.3) is 11.5 Å². The molecule has 0 saturated carbocycles. The number of benzene rings is 1. The van der Waals surface area contributed by atoms with Crippen molar-refractivity contribution < 1.29 is 4.92 Å². The molecule has 3 aromatic heterocycles. The van der Waals surface area contributed by atoms with Crippen LogP contribution in [-0.2, 0) is 0 Å². The number of aryl methyl sites for hydroxylation is 1. The SMILES string of the molecule is Cc1nn2nnnc2n2c(-c3ccc([N+](=O)[O-])cc3)nnc12. The summed E-state index contributed by atoms with van der Waals surface area (Å²) in [6.07, 6.45) is 0. The van der Waals surface area contributed by atoms with E-state index in [1.165, 1.54) is 16.8 Å². The lowest BCUT2D eigenvalue weighted by Crippen LogP contribution is -2.04. The van der Waals surface area contributed by atoms with Crippen LogP contribution in [-0.4, -0.2) is 44.8 Å². The van der Waals surface area contributed by atoms with E-state index in [1.807, 2.05) is 0 Å². The highest BCUT2D eigenvalue weighted by atomic mass is 16.6. The van der Waals surface area contributed by atoms with E-state index in [1.54, 1.807) is 23.5 Å². The molecular weight excluding hydrogens is 290 g/mol. The number of rotatable bonds is 2. The Morgan fingerprint density at radius 1 is 1.14 bits per heavy atom. The summed E-state index contributed by atoms with van der Waals surface area (Å²) in [5, 5.41) is 34.4. The maximum atomic E-state index is 10.7. The van der Waals surface area contributed by atoms with Crippen molar-refractivity contribution in [2.24, 2.45) is 0 Å². The van der Waals surface area contributed by atoms with Crippen LogP contribution < -0.4 is 0 Å². The minimum Gasteiger partial charge on any atom is -0.258 e. The van der Waals surface area contributed by atoms with E-state index < -0.39 is 4.92 Å². The van der Waals surface area contributed by atoms with E-state index in [2.05, 4.69) is 30.8 Å². The maximum Gasteiger partial charge on any atom is 0.279 e. The molecular formula is C11H7N9O2. The van der Waals surface area contributed by atoms with Crippen molar-refractivity contribution in [3.8, 4) is 11.4 Å². The predicted molar refractivity (Wildman–Crippen MR) is 71.9 cm³/mol. The summed E-state index contributed by atoms with van der Waals surface area (Å²) in [6, 6.07) is 6.02. The topological polar surface area (TPSA) is 129 Å². The average molecular weight is 297 g/mol. The Balaban J connectivity index is 2.00. The second kappa shape index (κ2) is 4.25. The number of fused-ring (bicyclic) bond motifs is 3. The Kier molecular flexibility index (Phi) is 2.37. The molecule has 0 unspecified atom stereocenters. The summed E-state index contributed by atoms with van der Waals surface area (Å²) in [5.41, 5.74) is 1.80. The monoisotopic (exact) mass is 297 g/mol. The van der Waals surface area contributed by atoms with Gasteiger partial charge < -0.3 is 0 Å². The van der Waals surface area contributed by atoms with Crippen molar-refractivity contribution in [1.82, 2.24) is 39.9 Å². The Morgan fingerprint density at radius 3 is 2.64 bits per heavy atom. The van der Waals surface area contributed by atoms with E-state index in [4.69, 9.17) is 0 Å². The summed E-state index contributed by atoms with van der Waals surface area (Å²) >= 11 is 0. The lowest BCUT2D eigenvalue weighted by atomic mass is 10.2. The first-order valence-corrected chi connectivity index (χ1v) is 6.20. The minimum absolute atomic E-state index is 0.00436. The standard InChI is InChI=1S/C11H7N9O2/c1-6-9-12-13-10(7-2-4-8(5-3-7)20(21)22)18(9)11-14-16-17-19(11)15-6/h2-5H,1H3. The number of hydrogen-bond donors (Lipinski definition) is 0. The lowest BCUT2D eigenvalue weighted by Gasteiger charge is -2.01. The highest BCUT2D eigenvalue weighted by Gasteiger charge is 2.17. The fourth-order valence-electron chi connectivity index (χ4n) is 2.19. The largest absolute Gasteiger partial charge is 0.279 e. The molecule has 0 aliphatic rings. The van der Waals surface area contributed by atoms with Crippen LogP contribution in [0.4, 0.5) is 5.69 Å². The summed E-state index contributed by atoms with van der Waals surface area (Å²) in [7, 11) is 0. The number of hydrogen-bond acceptors (Lipinski definition) is 8. The van der Waals surface area contributed by atoms with Gasteiger partial charge in [-0.1, -0.05) is 9.73 Å². The number of tetrazole rings is 1. The molecule has 0 aliphatic heterocycles. The average Bonchev–Trinajstić information content (AvgIpc) is 3.13. The van der Waals surface area contributed by atoms with Gasteiger partial charge in [0, 0.05) is 17.7 Å². The molecule has 0 N–H and O–H groups in total. The molecule has 3 heterocycles. The Bertz CT molecular complexity index is 1020. The molecule has 0 radical (unpaired) electrons. The first-order chi connectivity index (χ1) is 10.6. The Labute approximate surface area is 121 Å². The molecule has 0 saturated heterocycles. The Morgan fingerprint density at radius 2 is 1.91 bits per heavy atom. The van der Waals surface area contributed by atoms with Crippen LogP contribution in [0.25, 0.3) is 22.8 Å². The molecule has 0 aliphatic carbocycles. The van der Waals surface area contributed by atoms with E-state index in [9.17, 15) is 10.1 Å². The van der Waals surface area contributed by atoms with E-state index in [-0.39, 0.29) is 5.69 Å². The fourth-order valence-corrected chi connectivity index (χ4v) is 2.19. The van der Waals surface area contributed by atoms with Crippen molar-refractivity contribution in [2.75, 3.05) is 0 Å². The van der Waals surface area contributed by atoms with Crippen LogP contribution in [0, 0.1) is 17.0 Å². The maximum absolute atomic E-state index is 10.7. The molecule has 0 bridgehead atoms. The molecule has 0 spiro atoms. The van der Waals surface area contributed by atoms with Crippen LogP contribution >= 0.6 is 0 Å². The molecule has 11 heteroatoms. The number of nitrogens with zero attached hydrogens (tertiary/aromatic N) is 9. The second-order valence-electron chi connectivity index (χ2n) is 4.54. The zero-order valence-corrected chi connectivity index (χ0v) is 11.2. The fraction of sp³-hybridized carbons (Fsp3) is 0.0909. The normalized spacial score (nSPS) is 11.3. The van der Waals surface area contributed by atoms with Crippen LogP contribution in [0.15, 0.2) is 24.3 Å². The zero-order chi connectivity index (χ0) is 15.3. The van der Waals surface area contributed by atoms with Crippen LogP contribution in [0.3, 0.4) is 0 Å². The van der Waals surface area contributed by atoms with Gasteiger partial charge in [0.2, 0.25) is 0 Å². The number of aromatic nitrogens is 8. The third-order valence-corrected chi connectivity index (χ3v) is 3.21. The molecule has 4 rings (SSSR count). The van der Waals surface area contributed by atoms with Gasteiger partial charge in [0.1, 0.15) is 5.69 Å². The molecule has 0 amide bonds. The van der Waals surface area contributed by atoms with Crippen LogP contribution in [0.5, 0.6) is 0 Å². The second-order valence-corrected chi connectivity index (χ2v) is 4.54. The molecule has 108 valence electrons. The van der Waals surface area contributed by atoms with Crippen molar-refractivity contribution in [1.29, 1.82) is 0 Å². The van der Waals surface area contributed by atoms with Gasteiger partial charge in [-0.15, -0.1) is 15.3 Å². The third-order valence-electron chi connectivity index (χ3n) is 3.21. The van der Waals surface area contributed by atoms with Crippen molar-refractivity contribution >= 4 is 17.1 Å².